The minimum absolute atomic E-state index is 0.0640. The second kappa shape index (κ2) is 7.44. The fraction of sp³-hybridized carbons (Fsp3) is 0.292. The number of carbonyl (C=O) groups excluding carboxylic acids is 2. The standard InChI is InChI=1S/C24H24N4O2/c1-15-4-2-3-5-21(15)28-22(16-6-7-16)20(14-25-28)24(30)27-18-10-8-17(9-11-18)23(29)26-19-12-13-19/h2-5,8-11,14,16,19H,6-7,12-13H2,1H3,(H,26,29)(H,27,30). The first kappa shape index (κ1) is 18.6. The van der Waals surface area contributed by atoms with Crippen molar-refractivity contribution < 1.29 is 9.59 Å². The average molecular weight is 400 g/mol. The van der Waals surface area contributed by atoms with Crippen LogP contribution in [0.4, 0.5) is 5.69 Å². The summed E-state index contributed by atoms with van der Waals surface area (Å²) in [6.07, 6.45) is 5.91. The number of hydrogen-bond donors (Lipinski definition) is 2. The van der Waals surface area contributed by atoms with Crippen molar-refractivity contribution in [2.45, 2.75) is 44.6 Å². The summed E-state index contributed by atoms with van der Waals surface area (Å²) in [7, 11) is 0. The molecule has 2 aliphatic carbocycles. The van der Waals surface area contributed by atoms with Crippen LogP contribution in [-0.2, 0) is 0 Å². The molecular weight excluding hydrogens is 376 g/mol. The summed E-state index contributed by atoms with van der Waals surface area (Å²) in [6.45, 7) is 2.05. The molecule has 0 spiro atoms. The zero-order chi connectivity index (χ0) is 20.7. The van der Waals surface area contributed by atoms with Crippen molar-refractivity contribution in [3.63, 3.8) is 0 Å². The first-order valence-corrected chi connectivity index (χ1v) is 10.5. The highest BCUT2D eigenvalue weighted by Gasteiger charge is 2.33. The van der Waals surface area contributed by atoms with E-state index in [-0.39, 0.29) is 11.8 Å². The van der Waals surface area contributed by atoms with Gasteiger partial charge in [-0.1, -0.05) is 18.2 Å². The predicted octanol–water partition coefficient (Wildman–Crippen LogP) is 4.20. The van der Waals surface area contributed by atoms with Crippen LogP contribution in [0.15, 0.2) is 54.7 Å². The summed E-state index contributed by atoms with van der Waals surface area (Å²) in [5.74, 6) is 0.124. The molecule has 2 fully saturated rings. The number of benzene rings is 2. The second-order valence-electron chi connectivity index (χ2n) is 8.20. The van der Waals surface area contributed by atoms with Gasteiger partial charge in [-0.15, -0.1) is 0 Å². The molecule has 152 valence electrons. The maximum absolute atomic E-state index is 13.0. The van der Waals surface area contributed by atoms with Gasteiger partial charge in [0.05, 0.1) is 23.1 Å². The molecule has 2 aromatic carbocycles. The largest absolute Gasteiger partial charge is 0.349 e. The number of rotatable bonds is 6. The topological polar surface area (TPSA) is 76.0 Å². The van der Waals surface area contributed by atoms with Crippen molar-refractivity contribution in [1.29, 1.82) is 0 Å². The summed E-state index contributed by atoms with van der Waals surface area (Å²) in [6, 6.07) is 15.4. The van der Waals surface area contributed by atoms with Gasteiger partial charge in [-0.2, -0.15) is 5.10 Å². The smallest absolute Gasteiger partial charge is 0.259 e. The lowest BCUT2D eigenvalue weighted by Gasteiger charge is -2.11. The highest BCUT2D eigenvalue weighted by molar-refractivity contribution is 6.05. The van der Waals surface area contributed by atoms with Gasteiger partial charge in [-0.3, -0.25) is 9.59 Å². The Bertz CT molecular complexity index is 1110. The van der Waals surface area contributed by atoms with Crippen LogP contribution in [0.2, 0.25) is 0 Å². The Labute approximate surface area is 175 Å². The predicted molar refractivity (Wildman–Crippen MR) is 115 cm³/mol. The Balaban J connectivity index is 1.36. The quantitative estimate of drug-likeness (QED) is 0.651. The average Bonchev–Trinajstić information content (AvgIpc) is 3.68. The Hall–Kier alpha value is -3.41. The van der Waals surface area contributed by atoms with Crippen LogP contribution in [0.5, 0.6) is 0 Å². The Morgan fingerprint density at radius 2 is 1.70 bits per heavy atom. The lowest BCUT2D eigenvalue weighted by atomic mass is 10.1. The fourth-order valence-corrected chi connectivity index (χ4v) is 3.68. The second-order valence-corrected chi connectivity index (χ2v) is 8.20. The number of para-hydroxylation sites is 1. The van der Waals surface area contributed by atoms with Gasteiger partial charge < -0.3 is 10.6 Å². The van der Waals surface area contributed by atoms with Gasteiger partial charge in [0.25, 0.3) is 11.8 Å². The molecule has 0 aliphatic heterocycles. The molecule has 30 heavy (non-hydrogen) atoms. The summed E-state index contributed by atoms with van der Waals surface area (Å²) in [5.41, 5.74) is 4.97. The van der Waals surface area contributed by atoms with Gasteiger partial charge in [0.2, 0.25) is 0 Å². The SMILES string of the molecule is Cc1ccccc1-n1ncc(C(=O)Nc2ccc(C(=O)NC3CC3)cc2)c1C1CC1. The summed E-state index contributed by atoms with van der Waals surface area (Å²) >= 11 is 0. The third-order valence-corrected chi connectivity index (χ3v) is 5.68. The molecule has 6 nitrogen and oxygen atoms in total. The molecule has 0 bridgehead atoms. The Kier molecular flexibility index (Phi) is 4.62. The van der Waals surface area contributed by atoms with E-state index in [1.807, 2.05) is 35.9 Å². The van der Waals surface area contributed by atoms with Crippen LogP contribution >= 0.6 is 0 Å². The highest BCUT2D eigenvalue weighted by Crippen LogP contribution is 2.42. The monoisotopic (exact) mass is 400 g/mol. The van der Waals surface area contributed by atoms with Crippen molar-refractivity contribution in [1.82, 2.24) is 15.1 Å². The first-order valence-electron chi connectivity index (χ1n) is 10.5. The number of aryl methyl sites for hydroxylation is 1. The van der Waals surface area contributed by atoms with E-state index >= 15 is 0 Å². The van der Waals surface area contributed by atoms with Crippen molar-refractivity contribution in [3.05, 3.63) is 77.1 Å². The van der Waals surface area contributed by atoms with Crippen LogP contribution < -0.4 is 10.6 Å². The molecule has 0 atom stereocenters. The van der Waals surface area contributed by atoms with Gasteiger partial charge in [0, 0.05) is 23.2 Å². The summed E-state index contributed by atoms with van der Waals surface area (Å²) in [4.78, 5) is 25.2. The molecule has 1 heterocycles. The third kappa shape index (κ3) is 3.73. The van der Waals surface area contributed by atoms with E-state index in [4.69, 9.17) is 0 Å². The van der Waals surface area contributed by atoms with Crippen molar-refractivity contribution in [3.8, 4) is 5.69 Å². The van der Waals surface area contributed by atoms with Crippen LogP contribution in [0.3, 0.4) is 0 Å². The molecule has 2 saturated carbocycles. The molecule has 2 N–H and O–H groups in total. The maximum atomic E-state index is 13.0. The minimum Gasteiger partial charge on any atom is -0.349 e. The molecule has 0 saturated heterocycles. The number of nitrogens with one attached hydrogen (secondary N) is 2. The molecular formula is C24H24N4O2. The van der Waals surface area contributed by atoms with E-state index in [1.54, 1.807) is 30.5 Å². The molecule has 2 aliphatic rings. The van der Waals surface area contributed by atoms with E-state index in [2.05, 4.69) is 15.7 Å². The fourth-order valence-electron chi connectivity index (χ4n) is 3.68. The zero-order valence-electron chi connectivity index (χ0n) is 16.9. The van der Waals surface area contributed by atoms with E-state index in [9.17, 15) is 9.59 Å². The van der Waals surface area contributed by atoms with Gasteiger partial charge in [-0.25, -0.2) is 4.68 Å². The molecule has 6 heteroatoms. The number of nitrogens with zero attached hydrogens (tertiary/aromatic N) is 2. The Morgan fingerprint density at radius 1 is 0.967 bits per heavy atom. The molecule has 3 aromatic rings. The maximum Gasteiger partial charge on any atom is 0.259 e. The van der Waals surface area contributed by atoms with Crippen molar-refractivity contribution in [2.75, 3.05) is 5.32 Å². The van der Waals surface area contributed by atoms with Crippen LogP contribution in [0.1, 0.15) is 63.6 Å². The Morgan fingerprint density at radius 3 is 2.37 bits per heavy atom. The van der Waals surface area contributed by atoms with E-state index in [1.165, 1.54) is 0 Å². The number of amides is 2. The van der Waals surface area contributed by atoms with Gasteiger partial charge >= 0.3 is 0 Å². The summed E-state index contributed by atoms with van der Waals surface area (Å²) < 4.78 is 1.91. The van der Waals surface area contributed by atoms with E-state index < -0.39 is 0 Å². The number of aromatic nitrogens is 2. The van der Waals surface area contributed by atoms with E-state index in [0.29, 0.717) is 28.8 Å². The first-order chi connectivity index (χ1) is 14.6. The summed E-state index contributed by atoms with van der Waals surface area (Å²) in [5, 5.41) is 10.5. The van der Waals surface area contributed by atoms with E-state index in [0.717, 1.165) is 42.6 Å². The molecule has 0 radical (unpaired) electrons. The van der Waals surface area contributed by atoms with Crippen LogP contribution in [0, 0.1) is 6.92 Å². The minimum atomic E-state index is -0.174. The molecule has 0 unspecified atom stereocenters. The van der Waals surface area contributed by atoms with Crippen molar-refractivity contribution >= 4 is 17.5 Å². The van der Waals surface area contributed by atoms with Gasteiger partial charge in [0.15, 0.2) is 0 Å². The number of carbonyl (C=O) groups is 2. The van der Waals surface area contributed by atoms with Crippen LogP contribution in [0.25, 0.3) is 5.69 Å². The third-order valence-electron chi connectivity index (χ3n) is 5.68. The zero-order valence-corrected chi connectivity index (χ0v) is 16.9. The lowest BCUT2D eigenvalue weighted by molar-refractivity contribution is 0.0950. The van der Waals surface area contributed by atoms with Crippen molar-refractivity contribution in [2.24, 2.45) is 0 Å². The number of anilines is 1. The van der Waals surface area contributed by atoms with Gasteiger partial charge in [0.1, 0.15) is 0 Å². The van der Waals surface area contributed by atoms with Gasteiger partial charge in [-0.05, 0) is 68.5 Å². The normalized spacial score (nSPS) is 15.6. The molecule has 2 amide bonds. The highest BCUT2D eigenvalue weighted by atomic mass is 16.2. The molecule has 1 aromatic heterocycles. The number of hydrogen-bond acceptors (Lipinski definition) is 3. The van der Waals surface area contributed by atoms with Crippen LogP contribution in [-0.4, -0.2) is 27.6 Å². The molecule has 5 rings (SSSR count). The lowest BCUT2D eigenvalue weighted by Crippen LogP contribution is -2.25.